The van der Waals surface area contributed by atoms with Gasteiger partial charge < -0.3 is 4.74 Å². The van der Waals surface area contributed by atoms with Crippen LogP contribution in [-0.4, -0.2) is 16.4 Å². The smallest absolute Gasteiger partial charge is 0.163 e. The maximum Gasteiger partial charge on any atom is 0.163 e. The summed E-state index contributed by atoms with van der Waals surface area (Å²) in [5.74, 6) is 1.01. The van der Waals surface area contributed by atoms with E-state index in [0.717, 1.165) is 30.9 Å². The van der Waals surface area contributed by atoms with E-state index >= 15 is 0 Å². The molecule has 3 nitrogen and oxygen atoms in total. The summed E-state index contributed by atoms with van der Waals surface area (Å²) in [4.78, 5) is 0. The van der Waals surface area contributed by atoms with E-state index in [9.17, 15) is 0 Å². The summed E-state index contributed by atoms with van der Waals surface area (Å²) in [6.07, 6.45) is 2.22. The first-order valence-electron chi connectivity index (χ1n) is 3.94. The van der Waals surface area contributed by atoms with Crippen LogP contribution in [-0.2, 0) is 13.5 Å². The van der Waals surface area contributed by atoms with Crippen molar-refractivity contribution in [3.05, 3.63) is 11.4 Å². The zero-order valence-corrected chi connectivity index (χ0v) is 6.92. The Morgan fingerprint density at radius 1 is 1.55 bits per heavy atom. The van der Waals surface area contributed by atoms with Gasteiger partial charge in [0, 0.05) is 7.05 Å². The molecule has 0 atom stereocenters. The molecule has 0 saturated heterocycles. The Balaban J connectivity index is 2.52. The van der Waals surface area contributed by atoms with Crippen LogP contribution in [0.4, 0.5) is 0 Å². The summed E-state index contributed by atoms with van der Waals surface area (Å²) in [5, 5.41) is 4.28. The molecule has 3 heteroatoms. The van der Waals surface area contributed by atoms with Crippen molar-refractivity contribution in [2.24, 2.45) is 7.05 Å². The van der Waals surface area contributed by atoms with Crippen LogP contribution in [0, 0.1) is 6.92 Å². The van der Waals surface area contributed by atoms with Crippen molar-refractivity contribution in [2.45, 2.75) is 19.8 Å². The number of aromatic nitrogens is 2. The van der Waals surface area contributed by atoms with Gasteiger partial charge in [-0.25, -0.2) is 0 Å². The van der Waals surface area contributed by atoms with Gasteiger partial charge in [0.2, 0.25) is 0 Å². The van der Waals surface area contributed by atoms with Gasteiger partial charge >= 0.3 is 0 Å². The lowest BCUT2D eigenvalue weighted by Gasteiger charge is -2.13. The Kier molecular flexibility index (Phi) is 1.37. The van der Waals surface area contributed by atoms with Gasteiger partial charge in [-0.3, -0.25) is 4.68 Å². The molecule has 0 unspecified atom stereocenters. The number of aryl methyl sites for hydroxylation is 2. The van der Waals surface area contributed by atoms with Gasteiger partial charge in [-0.1, -0.05) is 0 Å². The van der Waals surface area contributed by atoms with Crippen LogP contribution in [0.2, 0.25) is 0 Å². The first kappa shape index (κ1) is 6.70. The van der Waals surface area contributed by atoms with Crippen molar-refractivity contribution in [2.75, 3.05) is 6.61 Å². The summed E-state index contributed by atoms with van der Waals surface area (Å²) < 4.78 is 7.41. The first-order chi connectivity index (χ1) is 5.29. The highest BCUT2D eigenvalue weighted by Gasteiger charge is 2.17. The van der Waals surface area contributed by atoms with Crippen molar-refractivity contribution >= 4 is 0 Å². The van der Waals surface area contributed by atoms with Crippen LogP contribution in [0.3, 0.4) is 0 Å². The molecule has 0 saturated carbocycles. The molecular formula is C8H12N2O. The van der Waals surface area contributed by atoms with E-state index in [1.807, 2.05) is 18.7 Å². The standard InChI is InChI=1S/C8H12N2O/c1-6-8-7(10(2)9-6)4-3-5-11-8/h3-5H2,1-2H3. The summed E-state index contributed by atoms with van der Waals surface area (Å²) >= 11 is 0. The molecule has 0 spiro atoms. The molecule has 2 rings (SSSR count). The third-order valence-electron chi connectivity index (χ3n) is 2.09. The summed E-state index contributed by atoms with van der Waals surface area (Å²) in [7, 11) is 1.97. The summed E-state index contributed by atoms with van der Waals surface area (Å²) in [5.41, 5.74) is 2.26. The molecule has 1 aliphatic rings. The van der Waals surface area contributed by atoms with Crippen molar-refractivity contribution < 1.29 is 4.74 Å². The van der Waals surface area contributed by atoms with Crippen LogP contribution in [0.15, 0.2) is 0 Å². The van der Waals surface area contributed by atoms with Gasteiger partial charge in [-0.15, -0.1) is 0 Å². The maximum absolute atomic E-state index is 5.49. The predicted molar refractivity (Wildman–Crippen MR) is 41.8 cm³/mol. The Labute approximate surface area is 66.0 Å². The van der Waals surface area contributed by atoms with E-state index in [4.69, 9.17) is 4.74 Å². The molecular weight excluding hydrogens is 140 g/mol. The van der Waals surface area contributed by atoms with Gasteiger partial charge in [0.25, 0.3) is 0 Å². The molecule has 1 aromatic rings. The molecule has 0 bridgehead atoms. The molecule has 1 aromatic heterocycles. The Morgan fingerprint density at radius 3 is 3.09 bits per heavy atom. The highest BCUT2D eigenvalue weighted by molar-refractivity contribution is 5.34. The lowest BCUT2D eigenvalue weighted by molar-refractivity contribution is 0.284. The third kappa shape index (κ3) is 0.914. The lowest BCUT2D eigenvalue weighted by Crippen LogP contribution is -2.10. The molecule has 0 N–H and O–H groups in total. The predicted octanol–water partition coefficient (Wildman–Crippen LogP) is 1.05. The monoisotopic (exact) mass is 152 g/mol. The Hall–Kier alpha value is -0.990. The van der Waals surface area contributed by atoms with Gasteiger partial charge in [-0.05, 0) is 19.8 Å². The summed E-state index contributed by atoms with van der Waals surface area (Å²) in [6.45, 7) is 2.84. The number of rotatable bonds is 0. The topological polar surface area (TPSA) is 27.1 Å². The quantitative estimate of drug-likeness (QED) is 0.555. The van der Waals surface area contributed by atoms with Crippen LogP contribution >= 0.6 is 0 Å². The Morgan fingerprint density at radius 2 is 2.36 bits per heavy atom. The van der Waals surface area contributed by atoms with E-state index in [1.165, 1.54) is 5.69 Å². The molecule has 2 heterocycles. The minimum Gasteiger partial charge on any atom is -0.490 e. The number of hydrogen-bond donors (Lipinski definition) is 0. The minimum absolute atomic E-state index is 0.847. The van der Waals surface area contributed by atoms with Crippen molar-refractivity contribution in [3.63, 3.8) is 0 Å². The van der Waals surface area contributed by atoms with E-state index in [1.54, 1.807) is 0 Å². The molecule has 0 aliphatic carbocycles. The van der Waals surface area contributed by atoms with Gasteiger partial charge in [0.05, 0.1) is 12.3 Å². The van der Waals surface area contributed by atoms with Crippen molar-refractivity contribution in [3.8, 4) is 5.75 Å². The lowest BCUT2D eigenvalue weighted by atomic mass is 10.2. The number of hydrogen-bond acceptors (Lipinski definition) is 2. The fraction of sp³-hybridized carbons (Fsp3) is 0.625. The zero-order valence-electron chi connectivity index (χ0n) is 6.92. The van der Waals surface area contributed by atoms with Crippen LogP contribution in [0.25, 0.3) is 0 Å². The second kappa shape index (κ2) is 2.26. The average Bonchev–Trinajstić information content (AvgIpc) is 2.30. The Bertz CT molecular complexity index is 251. The van der Waals surface area contributed by atoms with Gasteiger partial charge in [-0.2, -0.15) is 5.10 Å². The van der Waals surface area contributed by atoms with Gasteiger partial charge in [0.1, 0.15) is 5.69 Å². The molecule has 1 aliphatic heterocycles. The van der Waals surface area contributed by atoms with Crippen LogP contribution in [0.1, 0.15) is 17.8 Å². The molecule has 0 aromatic carbocycles. The fourth-order valence-corrected chi connectivity index (χ4v) is 1.56. The normalized spacial score (nSPS) is 15.8. The maximum atomic E-state index is 5.49. The summed E-state index contributed by atoms with van der Waals surface area (Å²) in [6, 6.07) is 0. The fourth-order valence-electron chi connectivity index (χ4n) is 1.56. The molecule has 0 radical (unpaired) electrons. The second-order valence-electron chi connectivity index (χ2n) is 2.94. The van der Waals surface area contributed by atoms with Crippen LogP contribution < -0.4 is 4.74 Å². The number of nitrogens with zero attached hydrogens (tertiary/aromatic N) is 2. The second-order valence-corrected chi connectivity index (χ2v) is 2.94. The highest BCUT2D eigenvalue weighted by atomic mass is 16.5. The van der Waals surface area contributed by atoms with E-state index < -0.39 is 0 Å². The SMILES string of the molecule is Cc1nn(C)c2c1OCCC2. The van der Waals surface area contributed by atoms with Crippen LogP contribution in [0.5, 0.6) is 5.75 Å². The largest absolute Gasteiger partial charge is 0.490 e. The number of fused-ring (bicyclic) bond motifs is 1. The zero-order chi connectivity index (χ0) is 7.84. The highest BCUT2D eigenvalue weighted by Crippen LogP contribution is 2.26. The number of ether oxygens (including phenoxy) is 1. The van der Waals surface area contributed by atoms with Crippen molar-refractivity contribution in [1.82, 2.24) is 9.78 Å². The third-order valence-corrected chi connectivity index (χ3v) is 2.09. The van der Waals surface area contributed by atoms with E-state index in [-0.39, 0.29) is 0 Å². The van der Waals surface area contributed by atoms with Gasteiger partial charge in [0.15, 0.2) is 5.75 Å². The molecule has 60 valence electrons. The average molecular weight is 152 g/mol. The molecule has 11 heavy (non-hydrogen) atoms. The molecule has 0 fully saturated rings. The van der Waals surface area contributed by atoms with Crippen molar-refractivity contribution in [1.29, 1.82) is 0 Å². The first-order valence-corrected chi connectivity index (χ1v) is 3.94. The van der Waals surface area contributed by atoms with E-state index in [2.05, 4.69) is 5.10 Å². The van der Waals surface area contributed by atoms with E-state index in [0.29, 0.717) is 0 Å². The molecule has 0 amide bonds. The minimum atomic E-state index is 0.847.